The van der Waals surface area contributed by atoms with Gasteiger partial charge in [-0.1, -0.05) is 20.8 Å². The molecule has 2 aliphatic heterocycles. The van der Waals surface area contributed by atoms with E-state index in [-0.39, 0.29) is 0 Å². The molecule has 0 aromatic heterocycles. The van der Waals surface area contributed by atoms with Crippen molar-refractivity contribution in [2.75, 3.05) is 45.8 Å². The standard InChI is InChI=1S/C19H38N4/c1-5-20-19(23-11-6-8-17(4)14-23)21-12-18-9-7-10-22(15-18)13-16(2)3/h16-18H,5-15H2,1-4H3,(H,20,21). The second kappa shape index (κ2) is 9.51. The molecule has 1 N–H and O–H groups in total. The van der Waals surface area contributed by atoms with Crippen LogP contribution >= 0.6 is 0 Å². The molecule has 0 aliphatic carbocycles. The van der Waals surface area contributed by atoms with Crippen LogP contribution in [0.15, 0.2) is 4.99 Å². The van der Waals surface area contributed by atoms with Gasteiger partial charge in [-0.05, 0) is 56.9 Å². The number of piperidine rings is 2. The zero-order valence-corrected chi connectivity index (χ0v) is 15.9. The van der Waals surface area contributed by atoms with Gasteiger partial charge in [-0.15, -0.1) is 0 Å². The Balaban J connectivity index is 1.88. The number of nitrogens with zero attached hydrogens (tertiary/aromatic N) is 3. The lowest BCUT2D eigenvalue weighted by atomic mass is 9.97. The summed E-state index contributed by atoms with van der Waals surface area (Å²) in [5, 5.41) is 3.52. The van der Waals surface area contributed by atoms with Crippen molar-refractivity contribution in [1.29, 1.82) is 0 Å². The summed E-state index contributed by atoms with van der Waals surface area (Å²) in [4.78, 5) is 10.1. The van der Waals surface area contributed by atoms with Gasteiger partial charge in [-0.3, -0.25) is 4.99 Å². The minimum Gasteiger partial charge on any atom is -0.357 e. The van der Waals surface area contributed by atoms with E-state index in [4.69, 9.17) is 4.99 Å². The van der Waals surface area contributed by atoms with Gasteiger partial charge in [0, 0.05) is 39.3 Å². The van der Waals surface area contributed by atoms with E-state index in [1.165, 1.54) is 51.9 Å². The van der Waals surface area contributed by atoms with Gasteiger partial charge in [0.1, 0.15) is 0 Å². The second-order valence-electron chi connectivity index (χ2n) is 8.05. The third-order valence-corrected chi connectivity index (χ3v) is 5.02. The van der Waals surface area contributed by atoms with E-state index in [9.17, 15) is 0 Å². The predicted molar refractivity (Wildman–Crippen MR) is 100.0 cm³/mol. The fourth-order valence-electron chi connectivity index (χ4n) is 4.01. The zero-order chi connectivity index (χ0) is 16.7. The molecular weight excluding hydrogens is 284 g/mol. The maximum atomic E-state index is 5.01. The van der Waals surface area contributed by atoms with E-state index in [0.29, 0.717) is 0 Å². The van der Waals surface area contributed by atoms with Gasteiger partial charge in [0.15, 0.2) is 5.96 Å². The summed E-state index contributed by atoms with van der Waals surface area (Å²) < 4.78 is 0. The molecule has 2 fully saturated rings. The van der Waals surface area contributed by atoms with E-state index in [1.54, 1.807) is 0 Å². The van der Waals surface area contributed by atoms with E-state index in [0.717, 1.165) is 43.3 Å². The number of hydrogen-bond acceptors (Lipinski definition) is 2. The van der Waals surface area contributed by atoms with Crippen LogP contribution in [-0.4, -0.2) is 61.6 Å². The predicted octanol–water partition coefficient (Wildman–Crippen LogP) is 3.05. The third kappa shape index (κ3) is 6.33. The number of likely N-dealkylation sites (tertiary alicyclic amines) is 2. The molecule has 0 spiro atoms. The topological polar surface area (TPSA) is 30.9 Å². The molecule has 2 aliphatic rings. The monoisotopic (exact) mass is 322 g/mol. The van der Waals surface area contributed by atoms with Crippen molar-refractivity contribution in [1.82, 2.24) is 15.1 Å². The first-order valence-electron chi connectivity index (χ1n) is 9.84. The molecular formula is C19H38N4. The van der Waals surface area contributed by atoms with Gasteiger partial charge in [0.2, 0.25) is 0 Å². The van der Waals surface area contributed by atoms with Crippen molar-refractivity contribution in [2.45, 2.75) is 53.4 Å². The van der Waals surface area contributed by atoms with Crippen molar-refractivity contribution < 1.29 is 0 Å². The number of nitrogens with one attached hydrogen (secondary N) is 1. The lowest BCUT2D eigenvalue weighted by Gasteiger charge is -2.35. The summed E-state index contributed by atoms with van der Waals surface area (Å²) in [6.45, 7) is 17.2. The van der Waals surface area contributed by atoms with Gasteiger partial charge >= 0.3 is 0 Å². The Morgan fingerprint density at radius 2 is 1.96 bits per heavy atom. The zero-order valence-electron chi connectivity index (χ0n) is 15.9. The molecule has 0 aromatic rings. The molecule has 0 radical (unpaired) electrons. The maximum absolute atomic E-state index is 5.01. The van der Waals surface area contributed by atoms with Crippen molar-refractivity contribution in [3.8, 4) is 0 Å². The average molecular weight is 323 g/mol. The Morgan fingerprint density at radius 1 is 1.17 bits per heavy atom. The second-order valence-corrected chi connectivity index (χ2v) is 8.05. The average Bonchev–Trinajstić information content (AvgIpc) is 2.51. The molecule has 0 amide bonds. The highest BCUT2D eigenvalue weighted by Gasteiger charge is 2.22. The summed E-state index contributed by atoms with van der Waals surface area (Å²) >= 11 is 0. The lowest BCUT2D eigenvalue weighted by Crippen LogP contribution is -2.46. The highest BCUT2D eigenvalue weighted by Crippen LogP contribution is 2.19. The lowest BCUT2D eigenvalue weighted by molar-refractivity contribution is 0.161. The van der Waals surface area contributed by atoms with Crippen molar-refractivity contribution >= 4 is 5.96 Å². The van der Waals surface area contributed by atoms with Crippen LogP contribution in [-0.2, 0) is 0 Å². The number of guanidine groups is 1. The SMILES string of the molecule is CCNC(=NCC1CCCN(CC(C)C)C1)N1CCCC(C)C1. The number of rotatable bonds is 5. The Hall–Kier alpha value is -0.770. The van der Waals surface area contributed by atoms with Crippen LogP contribution in [0.1, 0.15) is 53.4 Å². The fourth-order valence-corrected chi connectivity index (χ4v) is 4.01. The van der Waals surface area contributed by atoms with Gasteiger partial charge < -0.3 is 15.1 Å². The molecule has 4 heteroatoms. The minimum absolute atomic E-state index is 0.735. The molecule has 2 rings (SSSR count). The molecule has 2 atom stereocenters. The molecule has 2 saturated heterocycles. The Labute approximate surface area is 143 Å². The molecule has 0 bridgehead atoms. The first-order chi connectivity index (χ1) is 11.1. The van der Waals surface area contributed by atoms with Gasteiger partial charge in [0.25, 0.3) is 0 Å². The van der Waals surface area contributed by atoms with Crippen LogP contribution in [0.25, 0.3) is 0 Å². The Bertz CT molecular complexity index is 366. The maximum Gasteiger partial charge on any atom is 0.193 e. The van der Waals surface area contributed by atoms with Crippen LogP contribution in [0.4, 0.5) is 0 Å². The highest BCUT2D eigenvalue weighted by molar-refractivity contribution is 5.80. The van der Waals surface area contributed by atoms with Crippen LogP contribution in [0, 0.1) is 17.8 Å². The third-order valence-electron chi connectivity index (χ3n) is 5.02. The van der Waals surface area contributed by atoms with E-state index >= 15 is 0 Å². The van der Waals surface area contributed by atoms with E-state index in [1.807, 2.05) is 0 Å². The largest absolute Gasteiger partial charge is 0.357 e. The molecule has 23 heavy (non-hydrogen) atoms. The normalized spacial score (nSPS) is 27.5. The highest BCUT2D eigenvalue weighted by atomic mass is 15.3. The molecule has 0 aromatic carbocycles. The molecule has 2 unspecified atom stereocenters. The molecule has 0 saturated carbocycles. The van der Waals surface area contributed by atoms with Gasteiger partial charge in [0.05, 0.1) is 0 Å². The number of hydrogen-bond donors (Lipinski definition) is 1. The van der Waals surface area contributed by atoms with Crippen molar-refractivity contribution in [3.05, 3.63) is 0 Å². The van der Waals surface area contributed by atoms with Gasteiger partial charge in [-0.25, -0.2) is 0 Å². The van der Waals surface area contributed by atoms with Crippen LogP contribution in [0.3, 0.4) is 0 Å². The fraction of sp³-hybridized carbons (Fsp3) is 0.947. The summed E-state index contributed by atoms with van der Waals surface area (Å²) in [5.74, 6) is 3.45. The van der Waals surface area contributed by atoms with E-state index < -0.39 is 0 Å². The van der Waals surface area contributed by atoms with Crippen LogP contribution in [0.5, 0.6) is 0 Å². The Kier molecular flexibility index (Phi) is 7.68. The summed E-state index contributed by atoms with van der Waals surface area (Å²) in [7, 11) is 0. The van der Waals surface area contributed by atoms with Crippen molar-refractivity contribution in [3.63, 3.8) is 0 Å². The molecule has 2 heterocycles. The Morgan fingerprint density at radius 3 is 2.65 bits per heavy atom. The first-order valence-corrected chi connectivity index (χ1v) is 9.84. The minimum atomic E-state index is 0.735. The summed E-state index contributed by atoms with van der Waals surface area (Å²) in [5.41, 5.74) is 0. The molecule has 4 nitrogen and oxygen atoms in total. The number of aliphatic imine (C=N–C) groups is 1. The smallest absolute Gasteiger partial charge is 0.193 e. The molecule has 134 valence electrons. The van der Waals surface area contributed by atoms with Crippen molar-refractivity contribution in [2.24, 2.45) is 22.7 Å². The van der Waals surface area contributed by atoms with Gasteiger partial charge in [-0.2, -0.15) is 0 Å². The van der Waals surface area contributed by atoms with E-state index in [2.05, 4.69) is 42.8 Å². The van der Waals surface area contributed by atoms with Crippen LogP contribution in [0.2, 0.25) is 0 Å². The summed E-state index contributed by atoms with van der Waals surface area (Å²) in [6.07, 6.45) is 5.35. The first kappa shape index (κ1) is 18.6. The summed E-state index contributed by atoms with van der Waals surface area (Å²) in [6, 6.07) is 0. The van der Waals surface area contributed by atoms with Crippen LogP contribution < -0.4 is 5.32 Å². The quantitative estimate of drug-likeness (QED) is 0.623.